The molecule has 1 heterocycles. The highest BCUT2D eigenvalue weighted by atomic mass is 16.3. The van der Waals surface area contributed by atoms with Crippen molar-refractivity contribution in [2.75, 3.05) is 0 Å². The van der Waals surface area contributed by atoms with Gasteiger partial charge in [0.15, 0.2) is 0 Å². The van der Waals surface area contributed by atoms with E-state index in [1.165, 1.54) is 44.9 Å². The molecule has 3 unspecified atom stereocenters. The van der Waals surface area contributed by atoms with Crippen LogP contribution in [0.4, 0.5) is 0 Å². The van der Waals surface area contributed by atoms with Crippen molar-refractivity contribution >= 4 is 0 Å². The normalized spacial score (nSPS) is 34.5. The third-order valence-electron chi connectivity index (χ3n) is 5.76. The minimum atomic E-state index is -0.319. The number of aliphatic hydroxyl groups excluding tert-OH is 1. The maximum atomic E-state index is 10.5. The zero-order valence-electron chi connectivity index (χ0n) is 12.0. The molecule has 0 aromatic carbocycles. The third-order valence-corrected chi connectivity index (χ3v) is 5.76. The van der Waals surface area contributed by atoms with Gasteiger partial charge in [0.25, 0.3) is 0 Å². The van der Waals surface area contributed by atoms with Gasteiger partial charge in [-0.25, -0.2) is 0 Å². The number of rotatable bonds is 3. The smallest absolute Gasteiger partial charge is 0.0965 e. The largest absolute Gasteiger partial charge is 0.387 e. The molecule has 1 aromatic heterocycles. The van der Waals surface area contributed by atoms with E-state index < -0.39 is 0 Å². The van der Waals surface area contributed by atoms with Gasteiger partial charge in [0.1, 0.15) is 0 Å². The molecule has 19 heavy (non-hydrogen) atoms. The molecule has 0 spiro atoms. The van der Waals surface area contributed by atoms with E-state index in [9.17, 15) is 5.11 Å². The monoisotopic (exact) mass is 261 g/mol. The molecule has 2 N–H and O–H groups in total. The van der Waals surface area contributed by atoms with Gasteiger partial charge in [0.2, 0.25) is 0 Å². The molecule has 0 aliphatic heterocycles. The van der Waals surface area contributed by atoms with Crippen molar-refractivity contribution < 1.29 is 5.11 Å². The van der Waals surface area contributed by atoms with Gasteiger partial charge >= 0.3 is 0 Å². The summed E-state index contributed by atoms with van der Waals surface area (Å²) in [6.07, 6.45) is 11.4. The second kappa shape index (κ2) is 5.70. The van der Waals surface area contributed by atoms with Crippen LogP contribution < -0.4 is 0 Å². The Hall–Kier alpha value is -0.760. The van der Waals surface area contributed by atoms with E-state index in [2.05, 4.69) is 11.9 Å². The molecule has 5 atom stereocenters. The second-order valence-electron chi connectivity index (χ2n) is 6.81. The number of aromatic amines is 1. The van der Waals surface area contributed by atoms with Crippen molar-refractivity contribution in [3.05, 3.63) is 24.0 Å². The van der Waals surface area contributed by atoms with E-state index >= 15 is 0 Å². The molecule has 2 aliphatic rings. The quantitative estimate of drug-likeness (QED) is 0.836. The van der Waals surface area contributed by atoms with Gasteiger partial charge in [-0.15, -0.1) is 0 Å². The zero-order valence-corrected chi connectivity index (χ0v) is 12.0. The molecule has 2 nitrogen and oxygen atoms in total. The van der Waals surface area contributed by atoms with Crippen LogP contribution in [0.5, 0.6) is 0 Å². The summed E-state index contributed by atoms with van der Waals surface area (Å²) in [6.45, 7) is 2.24. The Kier molecular flexibility index (Phi) is 3.97. The molecule has 2 fully saturated rings. The molecule has 0 radical (unpaired) electrons. The van der Waals surface area contributed by atoms with E-state index in [0.29, 0.717) is 11.8 Å². The lowest BCUT2D eigenvalue weighted by Crippen LogP contribution is -2.32. The topological polar surface area (TPSA) is 36.0 Å². The van der Waals surface area contributed by atoms with E-state index in [1.54, 1.807) is 0 Å². The Labute approximate surface area is 116 Å². The lowest BCUT2D eigenvalue weighted by atomic mass is 9.64. The highest BCUT2D eigenvalue weighted by Crippen LogP contribution is 2.46. The third kappa shape index (κ3) is 2.74. The molecule has 2 aliphatic carbocycles. The number of hydrogen-bond acceptors (Lipinski definition) is 1. The second-order valence-corrected chi connectivity index (χ2v) is 6.81. The average Bonchev–Trinajstić information content (AvgIpc) is 2.99. The van der Waals surface area contributed by atoms with Crippen molar-refractivity contribution in [3.8, 4) is 0 Å². The van der Waals surface area contributed by atoms with Crippen molar-refractivity contribution in [1.29, 1.82) is 0 Å². The standard InChI is InChI=1S/C17H27NO/c1-12(17(19)16-7-4-10-18-16)14-9-8-13-5-2-3-6-15(13)11-14/h4,7,10,12-15,17-19H,2-3,5-6,8-9,11H2,1H3/t12-,13?,14?,15?,17+/m0/s1. The van der Waals surface area contributed by atoms with Crippen LogP contribution in [0.15, 0.2) is 18.3 Å². The summed E-state index contributed by atoms with van der Waals surface area (Å²) >= 11 is 0. The lowest BCUT2D eigenvalue weighted by molar-refractivity contribution is 0.0321. The summed E-state index contributed by atoms with van der Waals surface area (Å²) in [5.41, 5.74) is 0.985. The lowest BCUT2D eigenvalue weighted by Gasteiger charge is -2.42. The van der Waals surface area contributed by atoms with Gasteiger partial charge in [-0.2, -0.15) is 0 Å². The first kappa shape index (κ1) is 13.2. The van der Waals surface area contributed by atoms with Crippen LogP contribution in [0.3, 0.4) is 0 Å². The van der Waals surface area contributed by atoms with Crippen LogP contribution in [0, 0.1) is 23.7 Å². The Balaban J connectivity index is 1.62. The number of hydrogen-bond donors (Lipinski definition) is 2. The minimum absolute atomic E-state index is 0.319. The predicted molar refractivity (Wildman–Crippen MR) is 77.7 cm³/mol. The van der Waals surface area contributed by atoms with Crippen LogP contribution in [-0.4, -0.2) is 10.1 Å². The molecule has 0 bridgehead atoms. The summed E-state index contributed by atoms with van der Waals surface area (Å²) in [5, 5.41) is 10.5. The fourth-order valence-corrected chi connectivity index (χ4v) is 4.46. The number of H-pyrrole nitrogens is 1. The Morgan fingerprint density at radius 3 is 2.68 bits per heavy atom. The summed E-state index contributed by atoms with van der Waals surface area (Å²) in [7, 11) is 0. The molecular weight excluding hydrogens is 234 g/mol. The number of nitrogens with one attached hydrogen (secondary N) is 1. The first-order chi connectivity index (χ1) is 9.25. The molecule has 2 heteroatoms. The molecule has 1 aromatic rings. The van der Waals surface area contributed by atoms with Crippen molar-refractivity contribution in [2.24, 2.45) is 23.7 Å². The number of fused-ring (bicyclic) bond motifs is 1. The maximum absolute atomic E-state index is 10.5. The van der Waals surface area contributed by atoms with Gasteiger partial charge < -0.3 is 10.1 Å². The minimum Gasteiger partial charge on any atom is -0.387 e. The highest BCUT2D eigenvalue weighted by Gasteiger charge is 2.36. The van der Waals surface area contributed by atoms with Gasteiger partial charge in [-0.3, -0.25) is 0 Å². The Bertz CT molecular complexity index is 386. The summed E-state index contributed by atoms with van der Waals surface area (Å²) in [6, 6.07) is 3.98. The van der Waals surface area contributed by atoms with Crippen molar-refractivity contribution in [1.82, 2.24) is 4.98 Å². The Morgan fingerprint density at radius 1 is 1.16 bits per heavy atom. The van der Waals surface area contributed by atoms with Gasteiger partial charge in [-0.05, 0) is 55.1 Å². The first-order valence-electron chi connectivity index (χ1n) is 8.07. The SMILES string of the molecule is C[C@@H](C1CCC2CCCCC2C1)[C@@H](O)c1ccc[nH]1. The summed E-state index contributed by atoms with van der Waals surface area (Å²) in [5.74, 6) is 3.03. The summed E-state index contributed by atoms with van der Waals surface area (Å²) in [4.78, 5) is 3.16. The van der Waals surface area contributed by atoms with Crippen molar-refractivity contribution in [3.63, 3.8) is 0 Å². The fraction of sp³-hybridized carbons (Fsp3) is 0.765. The first-order valence-corrected chi connectivity index (χ1v) is 8.07. The van der Waals surface area contributed by atoms with E-state index in [1.807, 2.05) is 18.3 Å². The van der Waals surface area contributed by atoms with Gasteiger partial charge in [0, 0.05) is 11.9 Å². The van der Waals surface area contributed by atoms with Crippen LogP contribution in [0.1, 0.15) is 63.7 Å². The van der Waals surface area contributed by atoms with Gasteiger partial charge in [0.05, 0.1) is 6.10 Å². The van der Waals surface area contributed by atoms with E-state index in [-0.39, 0.29) is 6.10 Å². The molecule has 3 rings (SSSR count). The summed E-state index contributed by atoms with van der Waals surface area (Å²) < 4.78 is 0. The number of aromatic nitrogens is 1. The van der Waals surface area contributed by atoms with Gasteiger partial charge in [-0.1, -0.05) is 32.6 Å². The van der Waals surface area contributed by atoms with E-state index in [0.717, 1.165) is 17.5 Å². The molecule has 0 amide bonds. The zero-order chi connectivity index (χ0) is 13.2. The van der Waals surface area contributed by atoms with Crippen molar-refractivity contribution in [2.45, 2.75) is 58.0 Å². The molecule has 0 saturated heterocycles. The molecular formula is C17H27NO. The fourth-order valence-electron chi connectivity index (χ4n) is 4.46. The van der Waals surface area contributed by atoms with Crippen LogP contribution in [0.25, 0.3) is 0 Å². The van der Waals surface area contributed by atoms with Crippen LogP contribution in [-0.2, 0) is 0 Å². The average molecular weight is 261 g/mol. The Morgan fingerprint density at radius 2 is 1.95 bits per heavy atom. The molecule has 106 valence electrons. The van der Waals surface area contributed by atoms with E-state index in [4.69, 9.17) is 0 Å². The highest BCUT2D eigenvalue weighted by molar-refractivity contribution is 5.08. The van der Waals surface area contributed by atoms with Crippen LogP contribution in [0.2, 0.25) is 0 Å². The predicted octanol–water partition coefficient (Wildman–Crippen LogP) is 4.29. The maximum Gasteiger partial charge on any atom is 0.0965 e. The number of aliphatic hydroxyl groups is 1. The molecule has 2 saturated carbocycles. The van der Waals surface area contributed by atoms with Crippen LogP contribution >= 0.6 is 0 Å².